The van der Waals surface area contributed by atoms with Gasteiger partial charge in [0.05, 0.1) is 0 Å². The Labute approximate surface area is 87.8 Å². The number of hydrogen-bond donors (Lipinski definition) is 0. The van der Waals surface area contributed by atoms with Crippen molar-refractivity contribution in [3.8, 4) is 0 Å². The third-order valence-corrected chi connectivity index (χ3v) is 3.43. The third kappa shape index (κ3) is 2.70. The molecule has 0 atom stereocenters. The van der Waals surface area contributed by atoms with Crippen molar-refractivity contribution in [2.45, 2.75) is 0 Å². The van der Waals surface area contributed by atoms with Gasteiger partial charge in [-0.05, 0) is 18.2 Å². The molecule has 0 aliphatic carbocycles. The summed E-state index contributed by atoms with van der Waals surface area (Å²) < 4.78 is 13.1. The van der Waals surface area contributed by atoms with Crippen molar-refractivity contribution in [2.24, 2.45) is 0 Å². The van der Waals surface area contributed by atoms with Crippen LogP contribution in [-0.2, 0) is 0 Å². The zero-order chi connectivity index (χ0) is 10.0. The number of benzene rings is 1. The van der Waals surface area contributed by atoms with Crippen LogP contribution in [0.3, 0.4) is 0 Å². The lowest BCUT2D eigenvalue weighted by molar-refractivity contribution is 0.636. The van der Waals surface area contributed by atoms with E-state index in [2.05, 4.69) is 0 Å². The molecule has 13 heavy (non-hydrogen) atoms. The van der Waals surface area contributed by atoms with Gasteiger partial charge in [0.1, 0.15) is 12.4 Å². The van der Waals surface area contributed by atoms with Gasteiger partial charge in [0.2, 0.25) is 0 Å². The molecule has 0 aliphatic rings. The fourth-order valence-electron chi connectivity index (χ4n) is 0.909. The van der Waals surface area contributed by atoms with Crippen molar-refractivity contribution < 1.29 is 4.39 Å². The van der Waals surface area contributed by atoms with Crippen LogP contribution in [0.1, 0.15) is 0 Å². The van der Waals surface area contributed by atoms with Gasteiger partial charge in [-0.3, -0.25) is 0 Å². The van der Waals surface area contributed by atoms with E-state index in [4.69, 9.17) is 22.5 Å². The minimum Gasteiger partial charge on any atom is -0.378 e. The van der Waals surface area contributed by atoms with Gasteiger partial charge in [-0.2, -0.15) is 0 Å². The standard InChI is InChI=1S/C8H9Cl2FNP/c1-12(2)6-3-4-7(11)8(5-6)13(9)10/h3-5H,1-2H3. The van der Waals surface area contributed by atoms with Crippen LogP contribution in [0.15, 0.2) is 18.2 Å². The quantitative estimate of drug-likeness (QED) is 0.717. The SMILES string of the molecule is CN(C)c1ccc(F)c(P(Cl)Cl)c1. The molecule has 72 valence electrons. The zero-order valence-corrected chi connectivity index (χ0v) is 9.67. The maximum Gasteiger partial charge on any atom is 0.133 e. The molecule has 5 heteroatoms. The second kappa shape index (κ2) is 4.45. The van der Waals surface area contributed by atoms with Gasteiger partial charge in [-0.15, -0.1) is 0 Å². The van der Waals surface area contributed by atoms with E-state index < -0.39 is 6.63 Å². The predicted molar refractivity (Wildman–Crippen MR) is 59.0 cm³/mol. The Morgan fingerprint density at radius 3 is 2.38 bits per heavy atom. The first-order chi connectivity index (χ1) is 6.02. The fraction of sp³-hybridized carbons (Fsp3) is 0.250. The van der Waals surface area contributed by atoms with E-state index >= 15 is 0 Å². The lowest BCUT2D eigenvalue weighted by atomic mass is 10.3. The number of hydrogen-bond acceptors (Lipinski definition) is 1. The molecule has 0 aromatic heterocycles. The van der Waals surface area contributed by atoms with Crippen LogP contribution in [-0.4, -0.2) is 14.1 Å². The summed E-state index contributed by atoms with van der Waals surface area (Å²) in [7, 11) is 3.75. The highest BCUT2D eigenvalue weighted by Gasteiger charge is 2.11. The summed E-state index contributed by atoms with van der Waals surface area (Å²) in [5, 5.41) is 0.379. The Morgan fingerprint density at radius 1 is 1.31 bits per heavy atom. The summed E-state index contributed by atoms with van der Waals surface area (Å²) >= 11 is 11.3. The Morgan fingerprint density at radius 2 is 1.92 bits per heavy atom. The summed E-state index contributed by atoms with van der Waals surface area (Å²) in [4.78, 5) is 1.87. The normalized spacial score (nSPS) is 10.6. The van der Waals surface area contributed by atoms with E-state index in [0.29, 0.717) is 5.30 Å². The van der Waals surface area contributed by atoms with Gasteiger partial charge >= 0.3 is 0 Å². The largest absolute Gasteiger partial charge is 0.378 e. The fourth-order valence-corrected chi connectivity index (χ4v) is 2.15. The number of rotatable bonds is 2. The molecule has 0 aliphatic heterocycles. The molecule has 1 aromatic rings. The van der Waals surface area contributed by atoms with Crippen molar-refractivity contribution in [1.82, 2.24) is 0 Å². The lowest BCUT2D eigenvalue weighted by Crippen LogP contribution is -2.12. The first kappa shape index (κ1) is 11.0. The molecule has 0 amide bonds. The van der Waals surface area contributed by atoms with Gasteiger partial charge in [-0.1, -0.05) is 22.5 Å². The van der Waals surface area contributed by atoms with Gasteiger partial charge in [0.25, 0.3) is 0 Å². The number of halogens is 3. The van der Waals surface area contributed by atoms with E-state index in [9.17, 15) is 4.39 Å². The molecule has 0 bridgehead atoms. The molecular weight excluding hydrogens is 231 g/mol. The highest BCUT2D eigenvalue weighted by atomic mass is 35.9. The molecule has 1 nitrogen and oxygen atoms in total. The van der Waals surface area contributed by atoms with Gasteiger partial charge < -0.3 is 4.90 Å². The average Bonchev–Trinajstić information content (AvgIpc) is 2.04. The Kier molecular flexibility index (Phi) is 3.78. The molecule has 0 unspecified atom stereocenters. The maximum atomic E-state index is 13.1. The van der Waals surface area contributed by atoms with E-state index in [0.717, 1.165) is 5.69 Å². The number of nitrogens with zero attached hydrogens (tertiary/aromatic N) is 1. The van der Waals surface area contributed by atoms with Crippen LogP contribution in [0.25, 0.3) is 0 Å². The monoisotopic (exact) mass is 239 g/mol. The van der Waals surface area contributed by atoms with Crippen LogP contribution in [0, 0.1) is 5.82 Å². The molecule has 1 rings (SSSR count). The topological polar surface area (TPSA) is 3.24 Å². The molecule has 0 spiro atoms. The molecular formula is C8H9Cl2FNP. The first-order valence-corrected chi connectivity index (χ1v) is 6.76. The Hall–Kier alpha value is -0.0400. The summed E-state index contributed by atoms with van der Waals surface area (Å²) in [6.45, 7) is -1.41. The molecule has 0 saturated carbocycles. The van der Waals surface area contributed by atoms with Crippen LogP contribution in [0.4, 0.5) is 10.1 Å². The molecule has 0 N–H and O–H groups in total. The first-order valence-electron chi connectivity index (χ1n) is 3.61. The van der Waals surface area contributed by atoms with E-state index in [1.54, 1.807) is 12.1 Å². The molecule has 0 saturated heterocycles. The van der Waals surface area contributed by atoms with E-state index in [1.165, 1.54) is 6.07 Å². The predicted octanol–water partition coefficient (Wildman–Crippen LogP) is 3.31. The van der Waals surface area contributed by atoms with Crippen molar-refractivity contribution in [3.05, 3.63) is 24.0 Å². The summed E-state index contributed by atoms with van der Waals surface area (Å²) in [6, 6.07) is 4.73. The minimum absolute atomic E-state index is 0.346. The maximum absolute atomic E-state index is 13.1. The van der Waals surface area contributed by atoms with Crippen LogP contribution in [0.5, 0.6) is 0 Å². The lowest BCUT2D eigenvalue weighted by Gasteiger charge is -2.14. The van der Waals surface area contributed by atoms with E-state index in [-0.39, 0.29) is 5.82 Å². The highest BCUT2D eigenvalue weighted by Crippen LogP contribution is 2.46. The highest BCUT2D eigenvalue weighted by molar-refractivity contribution is 8.08. The summed E-state index contributed by atoms with van der Waals surface area (Å²) in [6.07, 6.45) is 0. The van der Waals surface area contributed by atoms with Crippen molar-refractivity contribution in [3.63, 3.8) is 0 Å². The second-order valence-corrected chi connectivity index (χ2v) is 6.26. The summed E-state index contributed by atoms with van der Waals surface area (Å²) in [5.74, 6) is -0.346. The Balaban J connectivity index is 3.11. The van der Waals surface area contributed by atoms with Gasteiger partial charge in [-0.25, -0.2) is 4.39 Å². The third-order valence-electron chi connectivity index (χ3n) is 1.63. The molecule has 0 fully saturated rings. The van der Waals surface area contributed by atoms with Crippen LogP contribution in [0.2, 0.25) is 0 Å². The van der Waals surface area contributed by atoms with Crippen LogP contribution >= 0.6 is 29.1 Å². The van der Waals surface area contributed by atoms with Gasteiger partial charge in [0, 0.05) is 25.1 Å². The number of anilines is 1. The Bertz CT molecular complexity index is 304. The zero-order valence-electron chi connectivity index (χ0n) is 7.26. The molecule has 1 aromatic carbocycles. The van der Waals surface area contributed by atoms with Crippen molar-refractivity contribution in [2.75, 3.05) is 19.0 Å². The van der Waals surface area contributed by atoms with Gasteiger partial charge in [0.15, 0.2) is 0 Å². The second-order valence-electron chi connectivity index (χ2n) is 2.76. The smallest absolute Gasteiger partial charge is 0.133 e. The van der Waals surface area contributed by atoms with Crippen LogP contribution < -0.4 is 10.2 Å². The molecule has 0 heterocycles. The van der Waals surface area contributed by atoms with Crippen molar-refractivity contribution in [1.29, 1.82) is 0 Å². The van der Waals surface area contributed by atoms with E-state index in [1.807, 2.05) is 19.0 Å². The molecule has 0 radical (unpaired) electrons. The summed E-state index contributed by atoms with van der Waals surface area (Å²) in [5.41, 5.74) is 0.894. The average molecular weight is 240 g/mol. The van der Waals surface area contributed by atoms with Crippen molar-refractivity contribution >= 4 is 40.1 Å². The minimum atomic E-state index is -1.41.